The Balaban J connectivity index is 2.53. The molecule has 0 spiro atoms. The van der Waals surface area contributed by atoms with Crippen molar-refractivity contribution in [3.8, 4) is 0 Å². The summed E-state index contributed by atoms with van der Waals surface area (Å²) in [7, 11) is 0. The lowest BCUT2D eigenvalue weighted by atomic mass is 9.96. The van der Waals surface area contributed by atoms with Crippen LogP contribution in [0.25, 0.3) is 0 Å². The van der Waals surface area contributed by atoms with Crippen molar-refractivity contribution >= 4 is 5.71 Å². The molecule has 92 valence electrons. The fraction of sp³-hybridized carbons (Fsp3) is 0.786. The third-order valence-corrected chi connectivity index (χ3v) is 3.15. The topological polar surface area (TPSA) is 21.6 Å². The summed E-state index contributed by atoms with van der Waals surface area (Å²) in [6, 6.07) is 0. The first-order valence-electron chi connectivity index (χ1n) is 6.56. The molecular weight excluding hydrogens is 198 g/mol. The van der Waals surface area contributed by atoms with Gasteiger partial charge in [0, 0.05) is 30.5 Å². The standard InChI is InChI=1S/C14H25NO/c1-4-6-7-12(3)15-14(5-2)13-8-10-16-11-9-13/h5,13H,4,6-11H2,1-3H3/b14-5-,15-12?. The Bertz CT molecular complexity index is 249. The second-order valence-corrected chi connectivity index (χ2v) is 4.55. The zero-order chi connectivity index (χ0) is 11.8. The summed E-state index contributed by atoms with van der Waals surface area (Å²) in [5.74, 6) is 0.621. The van der Waals surface area contributed by atoms with Crippen molar-refractivity contribution in [3.05, 3.63) is 11.8 Å². The quantitative estimate of drug-likeness (QED) is 0.646. The van der Waals surface area contributed by atoms with E-state index in [1.165, 1.54) is 24.3 Å². The fourth-order valence-electron chi connectivity index (χ4n) is 2.09. The van der Waals surface area contributed by atoms with Crippen molar-refractivity contribution in [1.29, 1.82) is 0 Å². The molecular formula is C14H25NO. The van der Waals surface area contributed by atoms with Crippen LogP contribution < -0.4 is 0 Å². The second kappa shape index (κ2) is 7.61. The minimum atomic E-state index is 0.621. The molecule has 0 unspecified atom stereocenters. The van der Waals surface area contributed by atoms with Crippen LogP contribution in [0.2, 0.25) is 0 Å². The van der Waals surface area contributed by atoms with Crippen LogP contribution in [-0.2, 0) is 4.74 Å². The van der Waals surface area contributed by atoms with Gasteiger partial charge in [0.25, 0.3) is 0 Å². The highest BCUT2D eigenvalue weighted by Crippen LogP contribution is 2.24. The van der Waals surface area contributed by atoms with E-state index < -0.39 is 0 Å². The number of unbranched alkanes of at least 4 members (excludes halogenated alkanes) is 1. The fourth-order valence-corrected chi connectivity index (χ4v) is 2.09. The Morgan fingerprint density at radius 3 is 2.62 bits per heavy atom. The van der Waals surface area contributed by atoms with E-state index in [4.69, 9.17) is 9.73 Å². The van der Waals surface area contributed by atoms with E-state index in [9.17, 15) is 0 Å². The highest BCUT2D eigenvalue weighted by Gasteiger charge is 2.17. The average Bonchev–Trinajstić information content (AvgIpc) is 2.34. The van der Waals surface area contributed by atoms with Gasteiger partial charge in [-0.3, -0.25) is 4.99 Å². The van der Waals surface area contributed by atoms with Crippen LogP contribution >= 0.6 is 0 Å². The summed E-state index contributed by atoms with van der Waals surface area (Å²) in [5, 5.41) is 0. The number of nitrogens with zero attached hydrogens (tertiary/aromatic N) is 1. The molecule has 2 nitrogen and oxygen atoms in total. The van der Waals surface area contributed by atoms with Crippen molar-refractivity contribution < 1.29 is 4.74 Å². The smallest absolute Gasteiger partial charge is 0.0472 e. The van der Waals surface area contributed by atoms with Crippen molar-refractivity contribution in [2.24, 2.45) is 10.9 Å². The molecule has 1 aliphatic heterocycles. The molecule has 1 heterocycles. The van der Waals surface area contributed by atoms with Gasteiger partial charge in [0.2, 0.25) is 0 Å². The van der Waals surface area contributed by atoms with Crippen molar-refractivity contribution in [2.75, 3.05) is 13.2 Å². The highest BCUT2D eigenvalue weighted by molar-refractivity contribution is 5.82. The molecule has 0 aromatic rings. The molecule has 2 heteroatoms. The van der Waals surface area contributed by atoms with Crippen molar-refractivity contribution in [1.82, 2.24) is 0 Å². The number of hydrogen-bond acceptors (Lipinski definition) is 2. The third kappa shape index (κ3) is 4.48. The minimum absolute atomic E-state index is 0.621. The van der Waals surface area contributed by atoms with Crippen LogP contribution in [0.1, 0.15) is 52.9 Å². The molecule has 0 aliphatic carbocycles. The van der Waals surface area contributed by atoms with E-state index in [0.717, 1.165) is 32.5 Å². The number of aliphatic imine (C=N–C) groups is 1. The van der Waals surface area contributed by atoms with Gasteiger partial charge in [-0.15, -0.1) is 0 Å². The first-order chi connectivity index (χ1) is 7.77. The molecule has 1 saturated heterocycles. The predicted molar refractivity (Wildman–Crippen MR) is 69.9 cm³/mol. The summed E-state index contributed by atoms with van der Waals surface area (Å²) in [6.45, 7) is 8.26. The Kier molecular flexibility index (Phi) is 6.39. The van der Waals surface area contributed by atoms with Crippen LogP contribution in [0.15, 0.2) is 16.8 Å². The SMILES string of the molecule is C/C=C(\N=C(C)CCCC)C1CCOCC1. The molecule has 0 amide bonds. The molecule has 0 aromatic heterocycles. The van der Waals surface area contributed by atoms with Crippen LogP contribution in [0.3, 0.4) is 0 Å². The molecule has 1 fully saturated rings. The predicted octanol–water partition coefficient (Wildman–Crippen LogP) is 3.97. The lowest BCUT2D eigenvalue weighted by Gasteiger charge is -2.22. The van der Waals surface area contributed by atoms with Crippen LogP contribution in [0.5, 0.6) is 0 Å². The van der Waals surface area contributed by atoms with Gasteiger partial charge < -0.3 is 4.74 Å². The van der Waals surface area contributed by atoms with E-state index in [1.807, 2.05) is 0 Å². The van der Waals surface area contributed by atoms with Gasteiger partial charge in [0.1, 0.15) is 0 Å². The number of ether oxygens (including phenoxy) is 1. The van der Waals surface area contributed by atoms with E-state index in [-0.39, 0.29) is 0 Å². The number of hydrogen-bond donors (Lipinski definition) is 0. The largest absolute Gasteiger partial charge is 0.381 e. The average molecular weight is 223 g/mol. The molecule has 0 bridgehead atoms. The Morgan fingerprint density at radius 2 is 2.06 bits per heavy atom. The van der Waals surface area contributed by atoms with Crippen LogP contribution in [0, 0.1) is 5.92 Å². The maximum absolute atomic E-state index is 5.39. The molecule has 0 N–H and O–H groups in total. The molecule has 16 heavy (non-hydrogen) atoms. The summed E-state index contributed by atoms with van der Waals surface area (Å²) in [4.78, 5) is 4.78. The normalized spacial score (nSPS) is 20.2. The van der Waals surface area contributed by atoms with E-state index in [0.29, 0.717) is 5.92 Å². The molecule has 0 aromatic carbocycles. The van der Waals surface area contributed by atoms with Crippen molar-refractivity contribution in [2.45, 2.75) is 52.9 Å². The zero-order valence-electron chi connectivity index (χ0n) is 11.0. The number of rotatable bonds is 5. The second-order valence-electron chi connectivity index (χ2n) is 4.55. The molecule has 0 atom stereocenters. The Morgan fingerprint density at radius 1 is 1.38 bits per heavy atom. The van der Waals surface area contributed by atoms with Gasteiger partial charge in [0.15, 0.2) is 0 Å². The summed E-state index contributed by atoms with van der Waals surface area (Å²) >= 11 is 0. The molecule has 1 rings (SSSR count). The van der Waals surface area contributed by atoms with Gasteiger partial charge in [-0.05, 0) is 39.5 Å². The van der Waals surface area contributed by atoms with Gasteiger partial charge >= 0.3 is 0 Å². The van der Waals surface area contributed by atoms with Crippen LogP contribution in [0.4, 0.5) is 0 Å². The van der Waals surface area contributed by atoms with Gasteiger partial charge in [0.05, 0.1) is 0 Å². The zero-order valence-corrected chi connectivity index (χ0v) is 11.0. The third-order valence-electron chi connectivity index (χ3n) is 3.15. The van der Waals surface area contributed by atoms with Gasteiger partial charge in [-0.2, -0.15) is 0 Å². The maximum Gasteiger partial charge on any atom is 0.0472 e. The first-order valence-corrected chi connectivity index (χ1v) is 6.56. The molecule has 1 aliphatic rings. The first kappa shape index (κ1) is 13.4. The minimum Gasteiger partial charge on any atom is -0.381 e. The van der Waals surface area contributed by atoms with E-state index in [1.54, 1.807) is 0 Å². The van der Waals surface area contributed by atoms with E-state index >= 15 is 0 Å². The monoisotopic (exact) mass is 223 g/mol. The lowest BCUT2D eigenvalue weighted by Crippen LogP contribution is -2.17. The van der Waals surface area contributed by atoms with Gasteiger partial charge in [-0.1, -0.05) is 19.4 Å². The van der Waals surface area contributed by atoms with E-state index in [2.05, 4.69) is 26.8 Å². The molecule has 0 radical (unpaired) electrons. The summed E-state index contributed by atoms with van der Waals surface area (Å²) in [6.07, 6.45) is 8.06. The van der Waals surface area contributed by atoms with Crippen LogP contribution in [-0.4, -0.2) is 18.9 Å². The summed E-state index contributed by atoms with van der Waals surface area (Å²) < 4.78 is 5.39. The Labute approximate surface area is 99.8 Å². The lowest BCUT2D eigenvalue weighted by molar-refractivity contribution is 0.0754. The molecule has 0 saturated carbocycles. The highest BCUT2D eigenvalue weighted by atomic mass is 16.5. The maximum atomic E-state index is 5.39. The Hall–Kier alpha value is -0.630. The van der Waals surface area contributed by atoms with Gasteiger partial charge in [-0.25, -0.2) is 0 Å². The number of allylic oxidation sites excluding steroid dienone is 2. The van der Waals surface area contributed by atoms with Crippen molar-refractivity contribution in [3.63, 3.8) is 0 Å². The summed E-state index contributed by atoms with van der Waals surface area (Å²) in [5.41, 5.74) is 2.55.